The van der Waals surface area contributed by atoms with Gasteiger partial charge in [-0.3, -0.25) is 0 Å². The summed E-state index contributed by atoms with van der Waals surface area (Å²) < 4.78 is 14.3. The maximum Gasteiger partial charge on any atom is 0.132 e. The van der Waals surface area contributed by atoms with Gasteiger partial charge in [0.2, 0.25) is 0 Å². The number of hydrogen-bond donors (Lipinski definition) is 1. The van der Waals surface area contributed by atoms with Gasteiger partial charge in [-0.05, 0) is 18.2 Å². The van der Waals surface area contributed by atoms with Crippen molar-refractivity contribution in [1.29, 1.82) is 0 Å². The molecule has 0 unspecified atom stereocenters. The summed E-state index contributed by atoms with van der Waals surface area (Å²) in [6.07, 6.45) is 0. The van der Waals surface area contributed by atoms with Crippen LogP contribution in [0.15, 0.2) is 28.1 Å². The fourth-order valence-corrected chi connectivity index (χ4v) is 2.26. The van der Waals surface area contributed by atoms with Crippen LogP contribution in [0.5, 0.6) is 0 Å². The van der Waals surface area contributed by atoms with E-state index < -0.39 is 0 Å². The number of rotatable bonds is 2. The minimum absolute atomic E-state index is 0.271. The minimum Gasteiger partial charge on any atom is -0.325 e. The number of hydrogen-bond acceptors (Lipinski definition) is 3. The molecule has 5 heteroatoms. The molecular formula is C10H8BrFN2S. The smallest absolute Gasteiger partial charge is 0.132 e. The number of aromatic nitrogens is 1. The van der Waals surface area contributed by atoms with Crippen molar-refractivity contribution in [2.75, 3.05) is 0 Å². The lowest BCUT2D eigenvalue weighted by molar-refractivity contribution is 0.630. The molecule has 0 bridgehead atoms. The first-order valence-corrected chi connectivity index (χ1v) is 5.98. The Balaban J connectivity index is 2.48. The van der Waals surface area contributed by atoms with Crippen molar-refractivity contribution in [2.24, 2.45) is 5.73 Å². The molecule has 0 atom stereocenters. The minimum atomic E-state index is -0.271. The largest absolute Gasteiger partial charge is 0.325 e. The summed E-state index contributed by atoms with van der Waals surface area (Å²) >= 11 is 4.74. The summed E-state index contributed by atoms with van der Waals surface area (Å²) in [4.78, 5) is 4.23. The molecule has 0 aliphatic heterocycles. The molecule has 2 nitrogen and oxygen atoms in total. The van der Waals surface area contributed by atoms with Crippen molar-refractivity contribution < 1.29 is 4.39 Å². The zero-order chi connectivity index (χ0) is 10.8. The Bertz CT molecular complexity index is 484. The normalized spacial score (nSPS) is 10.6. The van der Waals surface area contributed by atoms with Crippen LogP contribution in [-0.2, 0) is 6.54 Å². The third-order valence-corrected chi connectivity index (χ3v) is 3.30. The number of halogens is 2. The van der Waals surface area contributed by atoms with Crippen LogP contribution in [0, 0.1) is 5.82 Å². The Morgan fingerprint density at radius 2 is 2.27 bits per heavy atom. The average molecular weight is 287 g/mol. The quantitative estimate of drug-likeness (QED) is 0.921. The lowest BCUT2D eigenvalue weighted by atomic mass is 10.1. The van der Waals surface area contributed by atoms with E-state index in [1.165, 1.54) is 17.4 Å². The first-order chi connectivity index (χ1) is 7.20. The molecule has 78 valence electrons. The van der Waals surface area contributed by atoms with Crippen LogP contribution in [0.4, 0.5) is 4.39 Å². The van der Waals surface area contributed by atoms with Gasteiger partial charge < -0.3 is 5.73 Å². The summed E-state index contributed by atoms with van der Waals surface area (Å²) in [5.74, 6) is -0.271. The van der Waals surface area contributed by atoms with Crippen LogP contribution in [0.3, 0.4) is 0 Å². The molecule has 2 N–H and O–H groups in total. The van der Waals surface area contributed by atoms with E-state index in [9.17, 15) is 4.39 Å². The van der Waals surface area contributed by atoms with Crippen molar-refractivity contribution in [2.45, 2.75) is 6.54 Å². The second-order valence-electron chi connectivity index (χ2n) is 2.95. The molecule has 2 aromatic rings. The standard InChI is InChI=1S/C10H8BrFN2S/c11-6-1-2-8(12)7(3-6)9-5-15-10(4-13)14-9/h1-3,5H,4,13H2. The maximum atomic E-state index is 13.5. The molecule has 0 saturated heterocycles. The van der Waals surface area contributed by atoms with Gasteiger partial charge >= 0.3 is 0 Å². The first kappa shape index (κ1) is 10.7. The van der Waals surface area contributed by atoms with Gasteiger partial charge in [-0.25, -0.2) is 9.37 Å². The van der Waals surface area contributed by atoms with E-state index in [1.807, 2.05) is 5.38 Å². The van der Waals surface area contributed by atoms with Crippen LogP contribution in [0.2, 0.25) is 0 Å². The number of nitrogens with two attached hydrogens (primary N) is 1. The van der Waals surface area contributed by atoms with Crippen molar-refractivity contribution in [3.63, 3.8) is 0 Å². The SMILES string of the molecule is NCc1nc(-c2cc(Br)ccc2F)cs1. The van der Waals surface area contributed by atoms with Gasteiger partial charge in [0.1, 0.15) is 10.8 Å². The Morgan fingerprint density at radius 3 is 2.93 bits per heavy atom. The van der Waals surface area contributed by atoms with Crippen molar-refractivity contribution >= 4 is 27.3 Å². The van der Waals surface area contributed by atoms with Gasteiger partial charge in [0.05, 0.1) is 5.69 Å². The molecule has 2 rings (SSSR count). The third-order valence-electron chi connectivity index (χ3n) is 1.93. The first-order valence-electron chi connectivity index (χ1n) is 4.30. The molecule has 0 fully saturated rings. The van der Waals surface area contributed by atoms with Gasteiger partial charge in [0.25, 0.3) is 0 Å². The fourth-order valence-electron chi connectivity index (χ4n) is 1.22. The van der Waals surface area contributed by atoms with Gasteiger partial charge in [-0.2, -0.15) is 0 Å². The van der Waals surface area contributed by atoms with Crippen molar-refractivity contribution in [1.82, 2.24) is 4.98 Å². The predicted octanol–water partition coefficient (Wildman–Crippen LogP) is 3.17. The van der Waals surface area contributed by atoms with Crippen LogP contribution in [0.25, 0.3) is 11.3 Å². The zero-order valence-electron chi connectivity index (χ0n) is 7.71. The summed E-state index contributed by atoms with van der Waals surface area (Å²) in [6, 6.07) is 4.79. The molecule has 1 heterocycles. The molecule has 0 radical (unpaired) electrons. The van der Waals surface area contributed by atoms with Crippen molar-refractivity contribution in [3.05, 3.63) is 38.9 Å². The molecule has 0 saturated carbocycles. The van der Waals surface area contributed by atoms with E-state index in [2.05, 4.69) is 20.9 Å². The average Bonchev–Trinajstić information content (AvgIpc) is 2.70. The number of thiazole rings is 1. The second-order valence-corrected chi connectivity index (χ2v) is 4.81. The van der Waals surface area contributed by atoms with E-state index >= 15 is 0 Å². The molecular weight excluding hydrogens is 279 g/mol. The lowest BCUT2D eigenvalue weighted by Crippen LogP contribution is -1.95. The fraction of sp³-hybridized carbons (Fsp3) is 0.100. The summed E-state index contributed by atoms with van der Waals surface area (Å²) in [5, 5.41) is 2.62. The Kier molecular flexibility index (Phi) is 3.14. The third kappa shape index (κ3) is 2.25. The summed E-state index contributed by atoms with van der Waals surface area (Å²) in [7, 11) is 0. The highest BCUT2D eigenvalue weighted by Gasteiger charge is 2.09. The molecule has 0 spiro atoms. The predicted molar refractivity (Wildman–Crippen MR) is 63.1 cm³/mol. The maximum absolute atomic E-state index is 13.5. The summed E-state index contributed by atoms with van der Waals surface area (Å²) in [6.45, 7) is 0.389. The van der Waals surface area contributed by atoms with E-state index in [0.717, 1.165) is 9.48 Å². The van der Waals surface area contributed by atoms with E-state index in [0.29, 0.717) is 17.8 Å². The molecule has 0 amide bonds. The Hall–Kier alpha value is -0.780. The lowest BCUT2D eigenvalue weighted by Gasteiger charge is -1.99. The van der Waals surface area contributed by atoms with E-state index in [4.69, 9.17) is 5.73 Å². The number of benzene rings is 1. The van der Waals surface area contributed by atoms with Gasteiger partial charge in [0.15, 0.2) is 0 Å². The molecule has 0 aliphatic carbocycles. The van der Waals surface area contributed by atoms with E-state index in [1.54, 1.807) is 12.1 Å². The van der Waals surface area contributed by atoms with Gasteiger partial charge in [-0.15, -0.1) is 11.3 Å². The topological polar surface area (TPSA) is 38.9 Å². The Labute approximate surface area is 99.1 Å². The summed E-state index contributed by atoms with van der Waals surface area (Å²) in [5.41, 5.74) is 6.59. The van der Waals surface area contributed by atoms with Gasteiger partial charge in [0, 0.05) is 22.0 Å². The second kappa shape index (κ2) is 4.38. The number of nitrogens with zero attached hydrogens (tertiary/aromatic N) is 1. The van der Waals surface area contributed by atoms with Crippen LogP contribution in [0.1, 0.15) is 5.01 Å². The van der Waals surface area contributed by atoms with Crippen LogP contribution < -0.4 is 5.73 Å². The molecule has 1 aromatic carbocycles. The van der Waals surface area contributed by atoms with Gasteiger partial charge in [-0.1, -0.05) is 15.9 Å². The molecule has 0 aliphatic rings. The van der Waals surface area contributed by atoms with Crippen LogP contribution >= 0.6 is 27.3 Å². The van der Waals surface area contributed by atoms with E-state index in [-0.39, 0.29) is 5.82 Å². The molecule has 1 aromatic heterocycles. The Morgan fingerprint density at radius 1 is 1.47 bits per heavy atom. The highest BCUT2D eigenvalue weighted by Crippen LogP contribution is 2.27. The van der Waals surface area contributed by atoms with Crippen molar-refractivity contribution in [3.8, 4) is 11.3 Å². The van der Waals surface area contributed by atoms with Crippen LogP contribution in [-0.4, -0.2) is 4.98 Å². The zero-order valence-corrected chi connectivity index (χ0v) is 10.1. The molecule has 15 heavy (non-hydrogen) atoms. The highest BCUT2D eigenvalue weighted by atomic mass is 79.9. The monoisotopic (exact) mass is 286 g/mol. The highest BCUT2D eigenvalue weighted by molar-refractivity contribution is 9.10.